The maximum atomic E-state index is 13.0. The van der Waals surface area contributed by atoms with Gasteiger partial charge in [-0.1, -0.05) is 18.2 Å². The van der Waals surface area contributed by atoms with E-state index in [9.17, 15) is 14.0 Å². The average molecular weight is 437 g/mol. The van der Waals surface area contributed by atoms with Gasteiger partial charge in [0.2, 0.25) is 17.8 Å². The zero-order valence-corrected chi connectivity index (χ0v) is 16.4. The lowest BCUT2D eigenvalue weighted by Gasteiger charge is -2.08. The quantitative estimate of drug-likeness (QED) is 0.410. The highest BCUT2D eigenvalue weighted by molar-refractivity contribution is 5.69. The molecule has 0 aliphatic heterocycles. The van der Waals surface area contributed by atoms with Crippen LogP contribution in [0, 0.1) is 5.82 Å². The summed E-state index contributed by atoms with van der Waals surface area (Å²) in [6, 6.07) is 14.4. The number of hydrogen-bond donors (Lipinski definition) is 2. The lowest BCUT2D eigenvalue weighted by Crippen LogP contribution is -2.23. The van der Waals surface area contributed by atoms with Gasteiger partial charge in [-0.15, -0.1) is 5.10 Å². The molecule has 2 aromatic heterocycles. The van der Waals surface area contributed by atoms with Crippen LogP contribution in [0.2, 0.25) is 0 Å². The summed E-state index contributed by atoms with van der Waals surface area (Å²) in [7, 11) is 0. The van der Waals surface area contributed by atoms with Crippen molar-refractivity contribution in [2.75, 3.05) is 11.1 Å². The monoisotopic (exact) mass is 437 g/mol. The summed E-state index contributed by atoms with van der Waals surface area (Å²) in [5.41, 5.74) is 6.82. The molecule has 0 spiro atoms. The van der Waals surface area contributed by atoms with Gasteiger partial charge in [0, 0.05) is 11.3 Å². The summed E-state index contributed by atoms with van der Waals surface area (Å²) in [6.45, 7) is -0.800. The van der Waals surface area contributed by atoms with Crippen molar-refractivity contribution >= 4 is 23.6 Å². The summed E-state index contributed by atoms with van der Waals surface area (Å²) >= 11 is 0. The smallest absolute Gasteiger partial charge is 0.437 e. The maximum absolute atomic E-state index is 13.0. The van der Waals surface area contributed by atoms with Gasteiger partial charge < -0.3 is 20.2 Å². The van der Waals surface area contributed by atoms with Crippen LogP contribution in [-0.2, 0) is 22.7 Å². The molecule has 0 saturated carbocycles. The van der Waals surface area contributed by atoms with Gasteiger partial charge in [0.1, 0.15) is 12.4 Å². The molecule has 0 atom stereocenters. The molecule has 162 valence electrons. The van der Waals surface area contributed by atoms with Gasteiger partial charge in [-0.25, -0.2) is 9.18 Å². The van der Waals surface area contributed by atoms with Crippen LogP contribution in [0.5, 0.6) is 0 Å². The maximum Gasteiger partial charge on any atom is 0.437 e. The molecule has 0 unspecified atom stereocenters. The molecule has 0 bridgehead atoms. The highest BCUT2D eigenvalue weighted by Crippen LogP contribution is 2.16. The Morgan fingerprint density at radius 2 is 1.84 bits per heavy atom. The van der Waals surface area contributed by atoms with Crippen molar-refractivity contribution in [2.24, 2.45) is 0 Å². The number of anilines is 3. The Balaban J connectivity index is 1.39. The minimum Gasteiger partial charge on any atom is -0.456 e. The van der Waals surface area contributed by atoms with Crippen LogP contribution in [0.25, 0.3) is 11.5 Å². The highest BCUT2D eigenvalue weighted by atomic mass is 19.1. The second-order valence-corrected chi connectivity index (χ2v) is 6.42. The van der Waals surface area contributed by atoms with E-state index >= 15 is 0 Å². The summed E-state index contributed by atoms with van der Waals surface area (Å²) in [5.74, 6) is -1.89. The van der Waals surface area contributed by atoms with E-state index in [1.165, 1.54) is 24.3 Å². The number of nitrogens with two attached hydrogens (primary N) is 1. The van der Waals surface area contributed by atoms with Crippen molar-refractivity contribution in [3.05, 3.63) is 76.8 Å². The van der Waals surface area contributed by atoms with Gasteiger partial charge in [0.15, 0.2) is 12.4 Å². The second kappa shape index (κ2) is 9.04. The zero-order valence-electron chi connectivity index (χ0n) is 16.4. The normalized spacial score (nSPS) is 10.7. The molecule has 4 aromatic rings. The molecule has 0 saturated heterocycles. The minimum atomic E-state index is -0.861. The molecule has 32 heavy (non-hydrogen) atoms. The van der Waals surface area contributed by atoms with Gasteiger partial charge >= 0.3 is 11.7 Å². The minimum absolute atomic E-state index is 0.0512. The van der Waals surface area contributed by atoms with Crippen molar-refractivity contribution in [3.8, 4) is 11.5 Å². The van der Waals surface area contributed by atoms with E-state index in [-0.39, 0.29) is 30.2 Å². The number of nitrogens with one attached hydrogen (secondary N) is 1. The third-order valence-corrected chi connectivity index (χ3v) is 4.07. The number of nitrogens with zero attached hydrogens (tertiary/aromatic N) is 5. The summed E-state index contributed by atoms with van der Waals surface area (Å²) in [4.78, 5) is 36.2. The first kappa shape index (κ1) is 20.7. The molecular formula is C20H16FN7O4. The number of halogens is 1. The number of aromatic nitrogens is 5. The van der Waals surface area contributed by atoms with Crippen molar-refractivity contribution < 1.29 is 18.3 Å². The predicted octanol–water partition coefficient (Wildman–Crippen LogP) is 1.90. The van der Waals surface area contributed by atoms with Crippen LogP contribution < -0.4 is 16.8 Å². The Kier molecular flexibility index (Phi) is 5.83. The highest BCUT2D eigenvalue weighted by Gasteiger charge is 2.15. The van der Waals surface area contributed by atoms with Gasteiger partial charge in [-0.3, -0.25) is 4.79 Å². The van der Waals surface area contributed by atoms with Gasteiger partial charge in [-0.2, -0.15) is 19.6 Å². The standard InChI is InChI=1S/C20H16FN7O4/c21-13-8-6-12(7-9-13)17-27-28(20(30)32-17)10-16(29)31-11-15-24-18(22)26-19(25-15)23-14-4-2-1-3-5-14/h1-9H,10-11H2,(H3,22,23,24,25,26). The van der Waals surface area contributed by atoms with E-state index in [1.807, 2.05) is 30.3 Å². The predicted molar refractivity (Wildman–Crippen MR) is 110 cm³/mol. The molecule has 2 aromatic carbocycles. The van der Waals surface area contributed by atoms with Crippen LogP contribution in [0.4, 0.5) is 22.0 Å². The fourth-order valence-corrected chi connectivity index (χ4v) is 2.64. The first-order valence-corrected chi connectivity index (χ1v) is 9.28. The van der Waals surface area contributed by atoms with Crippen LogP contribution in [-0.4, -0.2) is 30.7 Å². The molecule has 0 amide bonds. The fraction of sp³-hybridized carbons (Fsp3) is 0.100. The summed E-state index contributed by atoms with van der Waals surface area (Å²) in [5, 5.41) is 6.89. The Hall–Kier alpha value is -4.61. The molecule has 12 heteroatoms. The van der Waals surface area contributed by atoms with Crippen molar-refractivity contribution in [3.63, 3.8) is 0 Å². The number of benzene rings is 2. The van der Waals surface area contributed by atoms with Crippen LogP contribution in [0.1, 0.15) is 5.82 Å². The first-order chi connectivity index (χ1) is 15.5. The summed E-state index contributed by atoms with van der Waals surface area (Å²) < 4.78 is 23.9. The van der Waals surface area contributed by atoms with Crippen LogP contribution in [0.3, 0.4) is 0 Å². The van der Waals surface area contributed by atoms with E-state index in [0.717, 1.165) is 10.4 Å². The molecule has 4 rings (SSSR count). The van der Waals surface area contributed by atoms with Crippen LogP contribution in [0.15, 0.2) is 63.8 Å². The second-order valence-electron chi connectivity index (χ2n) is 6.42. The Labute approximate surface area is 179 Å². The Bertz CT molecular complexity index is 1290. The third-order valence-electron chi connectivity index (χ3n) is 4.07. The van der Waals surface area contributed by atoms with E-state index in [4.69, 9.17) is 14.9 Å². The molecular weight excluding hydrogens is 421 g/mol. The topological polar surface area (TPSA) is 151 Å². The van der Waals surface area contributed by atoms with E-state index in [2.05, 4.69) is 25.4 Å². The molecule has 3 N–H and O–H groups in total. The third kappa shape index (κ3) is 5.11. The number of rotatable bonds is 7. The average Bonchev–Trinajstić information content (AvgIpc) is 3.13. The molecule has 0 radical (unpaired) electrons. The lowest BCUT2D eigenvalue weighted by atomic mass is 10.2. The Morgan fingerprint density at radius 1 is 1.09 bits per heavy atom. The molecule has 0 fully saturated rings. The van der Waals surface area contributed by atoms with Gasteiger partial charge in [-0.05, 0) is 36.4 Å². The first-order valence-electron chi connectivity index (χ1n) is 9.28. The largest absolute Gasteiger partial charge is 0.456 e. The number of esters is 1. The van der Waals surface area contributed by atoms with Crippen LogP contribution >= 0.6 is 0 Å². The van der Waals surface area contributed by atoms with E-state index < -0.39 is 24.1 Å². The number of ether oxygens (including phenoxy) is 1. The number of carbonyl (C=O) groups excluding carboxylic acids is 1. The van der Waals surface area contributed by atoms with Crippen molar-refractivity contribution in [1.82, 2.24) is 24.7 Å². The molecule has 2 heterocycles. The number of para-hydroxylation sites is 1. The molecule has 11 nitrogen and oxygen atoms in total. The fourth-order valence-electron chi connectivity index (χ4n) is 2.64. The molecule has 0 aliphatic rings. The zero-order chi connectivity index (χ0) is 22.5. The Morgan fingerprint density at radius 3 is 2.59 bits per heavy atom. The lowest BCUT2D eigenvalue weighted by molar-refractivity contribution is -0.146. The number of carbonyl (C=O) groups is 1. The van der Waals surface area contributed by atoms with E-state index in [1.54, 1.807) is 0 Å². The summed E-state index contributed by atoms with van der Waals surface area (Å²) in [6.07, 6.45) is 0. The number of hydrogen-bond acceptors (Lipinski definition) is 10. The number of nitrogen functional groups attached to an aromatic ring is 1. The molecule has 0 aliphatic carbocycles. The van der Waals surface area contributed by atoms with Gasteiger partial charge in [0.25, 0.3) is 0 Å². The van der Waals surface area contributed by atoms with Crippen molar-refractivity contribution in [2.45, 2.75) is 13.2 Å². The van der Waals surface area contributed by atoms with Crippen molar-refractivity contribution in [1.29, 1.82) is 0 Å². The van der Waals surface area contributed by atoms with Gasteiger partial charge in [0.05, 0.1) is 0 Å². The SMILES string of the molecule is Nc1nc(COC(=O)Cn2nc(-c3ccc(F)cc3)oc2=O)nc(Nc2ccccc2)n1. The van der Waals surface area contributed by atoms with E-state index in [0.29, 0.717) is 5.56 Å².